The highest BCUT2D eigenvalue weighted by Crippen LogP contribution is 2.29. The summed E-state index contributed by atoms with van der Waals surface area (Å²) < 4.78 is 39.6. The number of benzene rings is 1. The number of alkyl halides is 3. The molecule has 25 heavy (non-hydrogen) atoms. The van der Waals surface area contributed by atoms with Crippen LogP contribution in [0.3, 0.4) is 0 Å². The maximum atomic E-state index is 12.8. The third kappa shape index (κ3) is 3.54. The number of fused-ring (bicyclic) bond motifs is 1. The van der Waals surface area contributed by atoms with E-state index in [2.05, 4.69) is 15.5 Å². The fourth-order valence-corrected chi connectivity index (χ4v) is 2.55. The highest BCUT2D eigenvalue weighted by Gasteiger charge is 2.31. The molecule has 3 aromatic rings. The Morgan fingerprint density at radius 1 is 1.16 bits per heavy atom. The number of aromatic nitrogens is 3. The molecule has 0 bridgehead atoms. The molecule has 0 saturated heterocycles. The van der Waals surface area contributed by atoms with Crippen molar-refractivity contribution >= 4 is 34.8 Å². The minimum absolute atomic E-state index is 0.0899. The van der Waals surface area contributed by atoms with Crippen LogP contribution in [0, 0.1) is 0 Å². The van der Waals surface area contributed by atoms with Gasteiger partial charge >= 0.3 is 6.18 Å². The van der Waals surface area contributed by atoms with E-state index in [1.54, 1.807) is 6.07 Å². The van der Waals surface area contributed by atoms with Crippen LogP contribution in [0.15, 0.2) is 36.5 Å². The standard InChI is InChI=1S/C15H9Cl2F3N4O/c16-10-3-1-2-9(13(10)17)14(25)21-6-12-23-22-11-5-4-8(7-24(11)12)15(18,19)20/h1-5,7H,6H2,(H,21,25). The van der Waals surface area contributed by atoms with Crippen molar-refractivity contribution in [3.05, 3.63) is 63.5 Å². The fraction of sp³-hybridized carbons (Fsp3) is 0.133. The van der Waals surface area contributed by atoms with Gasteiger partial charge in [0.1, 0.15) is 0 Å². The number of amides is 1. The Labute approximate surface area is 149 Å². The third-order valence-corrected chi connectivity index (χ3v) is 4.22. The lowest BCUT2D eigenvalue weighted by molar-refractivity contribution is -0.137. The largest absolute Gasteiger partial charge is 0.417 e. The number of hydrogen-bond donors (Lipinski definition) is 1. The topological polar surface area (TPSA) is 59.3 Å². The van der Waals surface area contributed by atoms with Crippen LogP contribution in [0.4, 0.5) is 13.2 Å². The molecule has 1 amide bonds. The first-order chi connectivity index (χ1) is 11.8. The van der Waals surface area contributed by atoms with Gasteiger partial charge in [-0.05, 0) is 24.3 Å². The second kappa shape index (κ2) is 6.53. The average Bonchev–Trinajstić information content (AvgIpc) is 2.96. The van der Waals surface area contributed by atoms with E-state index in [1.807, 2.05) is 0 Å². The summed E-state index contributed by atoms with van der Waals surface area (Å²) in [6.45, 7) is -0.135. The third-order valence-electron chi connectivity index (χ3n) is 3.40. The lowest BCUT2D eigenvalue weighted by atomic mass is 10.2. The molecule has 10 heteroatoms. The fourth-order valence-electron chi connectivity index (χ4n) is 2.16. The van der Waals surface area contributed by atoms with Gasteiger partial charge in [-0.1, -0.05) is 29.3 Å². The number of hydrogen-bond acceptors (Lipinski definition) is 3. The molecule has 0 spiro atoms. The number of halogens is 5. The summed E-state index contributed by atoms with van der Waals surface area (Å²) >= 11 is 11.8. The Morgan fingerprint density at radius 3 is 2.64 bits per heavy atom. The van der Waals surface area contributed by atoms with E-state index in [4.69, 9.17) is 23.2 Å². The van der Waals surface area contributed by atoms with Crippen molar-refractivity contribution in [3.8, 4) is 0 Å². The predicted octanol–water partition coefficient (Wildman–Crippen LogP) is 3.98. The van der Waals surface area contributed by atoms with E-state index in [0.717, 1.165) is 12.3 Å². The van der Waals surface area contributed by atoms with Gasteiger partial charge in [-0.25, -0.2) is 0 Å². The molecular weight excluding hydrogens is 380 g/mol. The zero-order valence-corrected chi connectivity index (χ0v) is 13.8. The minimum atomic E-state index is -4.49. The van der Waals surface area contributed by atoms with Crippen LogP contribution in [0.2, 0.25) is 10.0 Å². The number of rotatable bonds is 3. The molecule has 0 aliphatic carbocycles. The van der Waals surface area contributed by atoms with Gasteiger partial charge in [0.15, 0.2) is 11.5 Å². The number of pyridine rings is 1. The molecule has 2 aromatic heterocycles. The number of nitrogens with one attached hydrogen (secondary N) is 1. The SMILES string of the molecule is O=C(NCc1nnc2ccc(C(F)(F)F)cn12)c1cccc(Cl)c1Cl. The molecular formula is C15H9Cl2F3N4O. The van der Waals surface area contributed by atoms with Crippen molar-refractivity contribution < 1.29 is 18.0 Å². The van der Waals surface area contributed by atoms with Crippen molar-refractivity contribution in [2.24, 2.45) is 0 Å². The molecule has 0 atom stereocenters. The van der Waals surface area contributed by atoms with Crippen molar-refractivity contribution in [3.63, 3.8) is 0 Å². The first kappa shape index (κ1) is 17.5. The lowest BCUT2D eigenvalue weighted by Crippen LogP contribution is -2.24. The lowest BCUT2D eigenvalue weighted by Gasteiger charge is -2.09. The van der Waals surface area contributed by atoms with Gasteiger partial charge in [-0.15, -0.1) is 10.2 Å². The van der Waals surface area contributed by atoms with E-state index >= 15 is 0 Å². The monoisotopic (exact) mass is 388 g/mol. The quantitative estimate of drug-likeness (QED) is 0.737. The Morgan fingerprint density at radius 2 is 1.92 bits per heavy atom. The van der Waals surface area contributed by atoms with Gasteiger partial charge in [0.05, 0.1) is 27.7 Å². The molecule has 0 saturated carbocycles. The van der Waals surface area contributed by atoms with Crippen molar-refractivity contribution in [1.29, 1.82) is 0 Å². The van der Waals surface area contributed by atoms with Crippen molar-refractivity contribution in [2.75, 3.05) is 0 Å². The van der Waals surface area contributed by atoms with Gasteiger partial charge in [0.25, 0.3) is 5.91 Å². The van der Waals surface area contributed by atoms with Gasteiger partial charge < -0.3 is 5.32 Å². The summed E-state index contributed by atoms with van der Waals surface area (Å²) in [6, 6.07) is 6.69. The molecule has 0 fully saturated rings. The molecule has 0 aliphatic rings. The Bertz CT molecular complexity index is 956. The van der Waals surface area contributed by atoms with E-state index in [9.17, 15) is 18.0 Å². The highest BCUT2D eigenvalue weighted by atomic mass is 35.5. The summed E-state index contributed by atoms with van der Waals surface area (Å²) in [7, 11) is 0. The maximum Gasteiger partial charge on any atom is 0.417 e. The van der Waals surface area contributed by atoms with Crippen molar-refractivity contribution in [1.82, 2.24) is 19.9 Å². The second-order valence-electron chi connectivity index (χ2n) is 5.04. The van der Waals surface area contributed by atoms with Crippen LogP contribution < -0.4 is 5.32 Å². The van der Waals surface area contributed by atoms with Gasteiger partial charge in [0.2, 0.25) is 0 Å². The van der Waals surface area contributed by atoms with Crippen molar-refractivity contribution in [2.45, 2.75) is 12.7 Å². The van der Waals surface area contributed by atoms with Crippen LogP contribution in [0.5, 0.6) is 0 Å². The molecule has 1 aromatic carbocycles. The predicted molar refractivity (Wildman–Crippen MR) is 85.6 cm³/mol. The molecule has 130 valence electrons. The Hall–Kier alpha value is -2.32. The average molecular weight is 389 g/mol. The van der Waals surface area contributed by atoms with Crippen LogP contribution in [-0.4, -0.2) is 20.5 Å². The summed E-state index contributed by atoms with van der Waals surface area (Å²) in [4.78, 5) is 12.2. The molecule has 0 radical (unpaired) electrons. The number of carbonyl (C=O) groups is 1. The molecule has 0 unspecified atom stereocenters. The van der Waals surface area contributed by atoms with E-state index < -0.39 is 17.6 Å². The minimum Gasteiger partial charge on any atom is -0.345 e. The normalized spacial score (nSPS) is 11.7. The smallest absolute Gasteiger partial charge is 0.345 e. The van der Waals surface area contributed by atoms with Gasteiger partial charge in [0, 0.05) is 6.20 Å². The van der Waals surface area contributed by atoms with E-state index in [-0.39, 0.29) is 33.6 Å². The molecule has 3 rings (SSSR count). The zero-order valence-electron chi connectivity index (χ0n) is 12.3. The zero-order chi connectivity index (χ0) is 18.2. The Kier molecular flexibility index (Phi) is 4.57. The summed E-state index contributed by atoms with van der Waals surface area (Å²) in [5, 5.41) is 10.4. The van der Waals surface area contributed by atoms with E-state index in [0.29, 0.717) is 0 Å². The Balaban J connectivity index is 1.83. The molecule has 0 aliphatic heterocycles. The number of nitrogens with zero attached hydrogens (tertiary/aromatic N) is 3. The first-order valence-electron chi connectivity index (χ1n) is 6.90. The highest BCUT2D eigenvalue weighted by molar-refractivity contribution is 6.43. The van der Waals surface area contributed by atoms with Gasteiger partial charge in [-0.3, -0.25) is 9.20 Å². The van der Waals surface area contributed by atoms with Crippen LogP contribution in [-0.2, 0) is 12.7 Å². The van der Waals surface area contributed by atoms with Crippen LogP contribution in [0.25, 0.3) is 5.65 Å². The first-order valence-corrected chi connectivity index (χ1v) is 7.66. The second-order valence-corrected chi connectivity index (χ2v) is 5.83. The van der Waals surface area contributed by atoms with E-state index in [1.165, 1.54) is 22.6 Å². The summed E-state index contributed by atoms with van der Waals surface area (Å²) in [5.74, 6) is -0.385. The van der Waals surface area contributed by atoms with Crippen LogP contribution in [0.1, 0.15) is 21.7 Å². The molecule has 1 N–H and O–H groups in total. The summed E-state index contributed by atoms with van der Waals surface area (Å²) in [6.07, 6.45) is -3.61. The van der Waals surface area contributed by atoms with Crippen LogP contribution >= 0.6 is 23.2 Å². The van der Waals surface area contributed by atoms with Gasteiger partial charge in [-0.2, -0.15) is 13.2 Å². The number of carbonyl (C=O) groups excluding carboxylic acids is 1. The summed E-state index contributed by atoms with van der Waals surface area (Å²) in [5.41, 5.74) is -0.456. The molecule has 5 nitrogen and oxygen atoms in total. The molecule has 2 heterocycles. The maximum absolute atomic E-state index is 12.8.